The predicted octanol–water partition coefficient (Wildman–Crippen LogP) is 5.90. The van der Waals surface area contributed by atoms with Crippen molar-refractivity contribution < 1.29 is 37.3 Å². The maximum atomic E-state index is 12.6. The summed E-state index contributed by atoms with van der Waals surface area (Å²) in [5.74, 6) is -1.01. The van der Waals surface area contributed by atoms with Crippen molar-refractivity contribution >= 4 is 17.6 Å². The largest absolute Gasteiger partial charge is 0.573 e. The van der Waals surface area contributed by atoms with Gasteiger partial charge in [0.2, 0.25) is 0 Å². The zero-order valence-electron chi connectivity index (χ0n) is 19.1. The van der Waals surface area contributed by atoms with Crippen LogP contribution in [0.15, 0.2) is 48.5 Å². The molecule has 0 saturated heterocycles. The first-order valence-electron chi connectivity index (χ1n) is 10.6. The van der Waals surface area contributed by atoms with Crippen molar-refractivity contribution in [1.29, 1.82) is 0 Å². The third-order valence-electron chi connectivity index (χ3n) is 5.17. The van der Waals surface area contributed by atoms with Crippen LogP contribution >= 0.6 is 11.6 Å². The predicted molar refractivity (Wildman–Crippen MR) is 122 cm³/mol. The highest BCUT2D eigenvalue weighted by Gasteiger charge is 2.32. The van der Waals surface area contributed by atoms with E-state index in [0.29, 0.717) is 22.6 Å². The summed E-state index contributed by atoms with van der Waals surface area (Å²) in [5, 5.41) is 16.4. The number of aliphatic carboxylic acids is 1. The minimum absolute atomic E-state index is 0.0166. The van der Waals surface area contributed by atoms with Crippen LogP contribution in [0.4, 0.5) is 13.2 Å². The Hall–Kier alpha value is -3.24. The number of alkyl halides is 3. The van der Waals surface area contributed by atoms with E-state index in [9.17, 15) is 23.1 Å². The molecule has 188 valence electrons. The number of carboxylic acids is 1. The molecule has 3 aromatic rings. The van der Waals surface area contributed by atoms with Gasteiger partial charge in [0.05, 0.1) is 11.3 Å². The fourth-order valence-electron chi connectivity index (χ4n) is 3.50. The van der Waals surface area contributed by atoms with E-state index in [2.05, 4.69) is 14.9 Å². The smallest absolute Gasteiger partial charge is 0.481 e. The molecule has 0 amide bonds. The summed E-state index contributed by atoms with van der Waals surface area (Å²) in [6, 6.07) is 12.1. The van der Waals surface area contributed by atoms with E-state index in [0.717, 1.165) is 5.56 Å². The van der Waals surface area contributed by atoms with Gasteiger partial charge in [-0.1, -0.05) is 49.7 Å². The Morgan fingerprint density at radius 3 is 2.20 bits per heavy atom. The van der Waals surface area contributed by atoms with Crippen LogP contribution in [-0.4, -0.2) is 40.8 Å². The van der Waals surface area contributed by atoms with Gasteiger partial charge in [-0.15, -0.1) is 13.2 Å². The molecule has 1 unspecified atom stereocenters. The zero-order chi connectivity index (χ0) is 25.8. The number of methoxy groups -OCH3 is 1. The lowest BCUT2D eigenvalue weighted by atomic mass is 9.97. The van der Waals surface area contributed by atoms with Gasteiger partial charge in [0, 0.05) is 13.5 Å². The van der Waals surface area contributed by atoms with E-state index in [4.69, 9.17) is 21.1 Å². The lowest BCUT2D eigenvalue weighted by molar-refractivity contribution is -0.274. The van der Waals surface area contributed by atoms with Gasteiger partial charge in [-0.05, 0) is 41.3 Å². The van der Waals surface area contributed by atoms with E-state index in [1.807, 2.05) is 13.8 Å². The van der Waals surface area contributed by atoms with Crippen LogP contribution in [0.2, 0.25) is 5.15 Å². The van der Waals surface area contributed by atoms with Crippen molar-refractivity contribution in [1.82, 2.24) is 10.2 Å². The van der Waals surface area contributed by atoms with Crippen LogP contribution < -0.4 is 9.47 Å². The van der Waals surface area contributed by atoms with Gasteiger partial charge in [0.15, 0.2) is 12.2 Å². The first kappa shape index (κ1) is 26.4. The summed E-state index contributed by atoms with van der Waals surface area (Å²) in [7, 11) is 1.33. The lowest BCUT2D eigenvalue weighted by Crippen LogP contribution is -2.24. The second-order valence-corrected chi connectivity index (χ2v) is 8.39. The third kappa shape index (κ3) is 6.89. The third-order valence-corrected chi connectivity index (χ3v) is 5.46. The molecule has 2 N–H and O–H groups in total. The van der Waals surface area contributed by atoms with Crippen molar-refractivity contribution in [2.45, 2.75) is 44.8 Å². The van der Waals surface area contributed by atoms with Gasteiger partial charge in [-0.2, -0.15) is 5.10 Å². The van der Waals surface area contributed by atoms with Crippen molar-refractivity contribution in [3.63, 3.8) is 0 Å². The maximum absolute atomic E-state index is 12.6. The second kappa shape index (κ2) is 11.0. The highest BCUT2D eigenvalue weighted by Crippen LogP contribution is 2.37. The first-order valence-corrected chi connectivity index (χ1v) is 11.0. The Kier molecular flexibility index (Phi) is 8.29. The van der Waals surface area contributed by atoms with E-state index in [1.54, 1.807) is 24.3 Å². The number of rotatable bonds is 10. The van der Waals surface area contributed by atoms with Gasteiger partial charge in [-0.3, -0.25) is 5.10 Å². The van der Waals surface area contributed by atoms with Crippen LogP contribution in [-0.2, 0) is 16.0 Å². The summed E-state index contributed by atoms with van der Waals surface area (Å²) in [6.07, 6.45) is -6.41. The Bertz CT molecular complexity index is 1130. The van der Waals surface area contributed by atoms with Gasteiger partial charge in [0.25, 0.3) is 0 Å². The number of nitrogens with one attached hydrogen (secondary N) is 1. The molecule has 0 fully saturated rings. The van der Waals surface area contributed by atoms with Crippen molar-refractivity contribution in [3.05, 3.63) is 76.1 Å². The quantitative estimate of drug-likeness (QED) is 0.351. The van der Waals surface area contributed by atoms with Gasteiger partial charge in [0.1, 0.15) is 16.7 Å². The molecule has 2 atom stereocenters. The number of benzene rings is 2. The van der Waals surface area contributed by atoms with Crippen LogP contribution in [0.5, 0.6) is 11.5 Å². The minimum atomic E-state index is -4.81. The van der Waals surface area contributed by atoms with E-state index in [1.165, 1.54) is 31.4 Å². The number of aromatic amines is 1. The number of ether oxygens (including phenoxy) is 3. The van der Waals surface area contributed by atoms with Crippen LogP contribution in [0.3, 0.4) is 0 Å². The van der Waals surface area contributed by atoms with Gasteiger partial charge < -0.3 is 19.3 Å². The molecule has 1 aromatic heterocycles. The highest BCUT2D eigenvalue weighted by molar-refractivity contribution is 6.30. The van der Waals surface area contributed by atoms with Crippen LogP contribution in [0.1, 0.15) is 48.3 Å². The molecule has 0 bridgehead atoms. The molecule has 0 spiro atoms. The van der Waals surface area contributed by atoms with Crippen LogP contribution in [0, 0.1) is 0 Å². The Morgan fingerprint density at radius 2 is 1.69 bits per heavy atom. The summed E-state index contributed by atoms with van der Waals surface area (Å²) in [6.45, 7) is 3.85. The number of hydrogen-bond acceptors (Lipinski definition) is 5. The Balaban J connectivity index is 1.93. The summed E-state index contributed by atoms with van der Waals surface area (Å²) in [5.41, 5.74) is 2.46. The van der Waals surface area contributed by atoms with Crippen molar-refractivity contribution in [2.24, 2.45) is 0 Å². The topological polar surface area (TPSA) is 93.7 Å². The molecule has 0 aliphatic heterocycles. The molecule has 11 heteroatoms. The molecule has 1 heterocycles. The standard InChI is InChI=1S/C24H24ClF3N2O5/c1-13(2)20-19(22(25)30-29-20)21(15-6-10-17(11-7-15)35-24(26,27)28)34-16-8-4-14(5-9-16)12-18(33-3)23(31)32/h4-11,13,18,21H,12H2,1-3H3,(H,29,30)(H,31,32)/t18-,21?/m0/s1. The second-order valence-electron chi connectivity index (χ2n) is 8.02. The number of H-pyrrole nitrogens is 1. The van der Waals surface area contributed by atoms with E-state index < -0.39 is 24.5 Å². The van der Waals surface area contributed by atoms with Crippen molar-refractivity contribution in [2.75, 3.05) is 7.11 Å². The van der Waals surface area contributed by atoms with Gasteiger partial charge in [-0.25, -0.2) is 4.79 Å². The zero-order valence-corrected chi connectivity index (χ0v) is 19.9. The van der Waals surface area contributed by atoms with Gasteiger partial charge >= 0.3 is 12.3 Å². The molecule has 0 saturated carbocycles. The summed E-state index contributed by atoms with van der Waals surface area (Å²) >= 11 is 6.41. The number of halogens is 4. The normalized spacial score (nSPS) is 13.5. The average molecular weight is 513 g/mol. The molecule has 3 rings (SSSR count). The number of hydrogen-bond donors (Lipinski definition) is 2. The number of carbonyl (C=O) groups is 1. The molecule has 0 aliphatic carbocycles. The van der Waals surface area contributed by atoms with E-state index in [-0.39, 0.29) is 23.2 Å². The Labute approximate surface area is 204 Å². The monoisotopic (exact) mass is 512 g/mol. The molecule has 7 nitrogen and oxygen atoms in total. The average Bonchev–Trinajstić information content (AvgIpc) is 3.17. The van der Waals surface area contributed by atoms with Crippen molar-refractivity contribution in [3.8, 4) is 11.5 Å². The molecule has 0 radical (unpaired) electrons. The first-order chi connectivity index (χ1) is 16.5. The molecule has 2 aromatic carbocycles. The fraction of sp³-hybridized carbons (Fsp3) is 0.333. The fourth-order valence-corrected chi connectivity index (χ4v) is 3.73. The number of nitrogens with zero attached hydrogens (tertiary/aromatic N) is 1. The minimum Gasteiger partial charge on any atom is -0.481 e. The summed E-state index contributed by atoms with van der Waals surface area (Å²) < 4.78 is 52.9. The highest BCUT2D eigenvalue weighted by atomic mass is 35.5. The SMILES string of the molecule is CO[C@@H](Cc1ccc(OC(c2ccc(OC(F)(F)F)cc2)c2c(C(C)C)n[nH]c2Cl)cc1)C(=O)O. The van der Waals surface area contributed by atoms with Crippen LogP contribution in [0.25, 0.3) is 0 Å². The molecule has 0 aliphatic rings. The number of aromatic nitrogens is 2. The summed E-state index contributed by atoms with van der Waals surface area (Å²) in [4.78, 5) is 11.2. The Morgan fingerprint density at radius 1 is 1.09 bits per heavy atom. The molecular weight excluding hydrogens is 489 g/mol. The molecule has 35 heavy (non-hydrogen) atoms. The number of carboxylic acid groups (broad SMARTS) is 1. The van der Waals surface area contributed by atoms with E-state index >= 15 is 0 Å². The lowest BCUT2D eigenvalue weighted by Gasteiger charge is -2.22. The molecular formula is C24H24ClF3N2O5. The maximum Gasteiger partial charge on any atom is 0.573 e.